The summed E-state index contributed by atoms with van der Waals surface area (Å²) in [5.74, 6) is 0.194. The van der Waals surface area contributed by atoms with E-state index in [1.807, 2.05) is 12.1 Å². The molecule has 0 saturated heterocycles. The smallest absolute Gasteiger partial charge is 0.261 e. The molecule has 0 N–H and O–H groups in total. The quantitative estimate of drug-likeness (QED) is 0.352. The molecule has 0 bridgehead atoms. The van der Waals surface area contributed by atoms with Crippen LogP contribution in [0.3, 0.4) is 0 Å². The highest BCUT2D eigenvalue weighted by Gasteiger charge is 2.53. The van der Waals surface area contributed by atoms with Gasteiger partial charge in [0.1, 0.15) is 5.78 Å². The summed E-state index contributed by atoms with van der Waals surface area (Å²) in [7, 11) is -4.86. The largest absolute Gasteiger partial charge is 0.410 e. The van der Waals surface area contributed by atoms with Crippen LogP contribution in [0, 0.1) is 0 Å². The number of carbonyl (C=O) groups is 1. The maximum atomic E-state index is 13.0. The second kappa shape index (κ2) is 9.69. The van der Waals surface area contributed by atoms with Crippen molar-refractivity contribution in [3.05, 3.63) is 72.8 Å². The molecule has 3 rings (SSSR count). The average molecular weight is 495 g/mol. The molecule has 1 aliphatic rings. The van der Waals surface area contributed by atoms with Gasteiger partial charge < -0.3 is 8.85 Å². The van der Waals surface area contributed by atoms with Crippen LogP contribution >= 0.6 is 0 Å². The predicted octanol–water partition coefficient (Wildman–Crippen LogP) is 6.24. The minimum absolute atomic E-state index is 0.0577. The fraction of sp³-hybridized carbons (Fsp3) is 0.483. The molecule has 0 unspecified atom stereocenters. The topological polar surface area (TPSA) is 35.5 Å². The first-order valence-corrected chi connectivity index (χ1v) is 17.2. The molecule has 0 heterocycles. The average Bonchev–Trinajstić information content (AvgIpc) is 2.74. The Morgan fingerprint density at radius 3 is 1.53 bits per heavy atom. The predicted molar refractivity (Wildman–Crippen MR) is 148 cm³/mol. The summed E-state index contributed by atoms with van der Waals surface area (Å²) in [6.07, 6.45) is 0.111. The van der Waals surface area contributed by atoms with Crippen molar-refractivity contribution in [2.45, 2.75) is 89.8 Å². The fourth-order valence-electron chi connectivity index (χ4n) is 4.64. The number of rotatable bonds is 6. The normalized spacial score (nSPS) is 20.5. The maximum absolute atomic E-state index is 13.0. The summed E-state index contributed by atoms with van der Waals surface area (Å²) in [4.78, 5) is 13.0. The minimum Gasteiger partial charge on any atom is -0.410 e. The van der Waals surface area contributed by atoms with Gasteiger partial charge in [0.15, 0.2) is 8.32 Å². The zero-order chi connectivity index (χ0) is 25.4. The maximum Gasteiger partial charge on any atom is 0.261 e. The molecule has 2 aromatic rings. The van der Waals surface area contributed by atoms with Crippen LogP contribution in [-0.2, 0) is 13.6 Å². The van der Waals surface area contributed by atoms with E-state index in [1.165, 1.54) is 10.4 Å². The van der Waals surface area contributed by atoms with Gasteiger partial charge >= 0.3 is 0 Å². The molecular weight excluding hydrogens is 452 g/mol. The standard InChI is InChI=1S/C29H42O3Si2/c1-22-26(31-33(8,9)28(2,3)4)20-23(30)21-27(22)32-34(29(5,6)7,24-16-12-10-13-17-24)25-18-14-11-15-19-25/h10-19,26-27H,1,20-21H2,2-9H3/t26-,27-/m1/s1. The Kier molecular flexibility index (Phi) is 7.64. The Balaban J connectivity index is 2.07. The molecule has 1 aliphatic carbocycles. The van der Waals surface area contributed by atoms with E-state index in [4.69, 9.17) is 8.85 Å². The molecule has 0 amide bonds. The molecule has 0 radical (unpaired) electrons. The van der Waals surface area contributed by atoms with Crippen LogP contribution < -0.4 is 10.4 Å². The summed E-state index contributed by atoms with van der Waals surface area (Å²) in [5.41, 5.74) is 0.914. The molecule has 0 aromatic heterocycles. The number of Topliss-reactive ketones (excluding diaryl/α,β-unsaturated/α-hetero) is 1. The van der Waals surface area contributed by atoms with Gasteiger partial charge in [0.25, 0.3) is 8.32 Å². The molecule has 1 fully saturated rings. The number of carbonyl (C=O) groups excluding carboxylic acids is 1. The van der Waals surface area contributed by atoms with Gasteiger partial charge in [-0.25, -0.2) is 0 Å². The zero-order valence-electron chi connectivity index (χ0n) is 22.3. The molecular formula is C29H42O3Si2. The van der Waals surface area contributed by atoms with Gasteiger partial charge in [0, 0.05) is 12.8 Å². The summed E-state index contributed by atoms with van der Waals surface area (Å²) in [6, 6.07) is 21.1. The van der Waals surface area contributed by atoms with Gasteiger partial charge in [-0.3, -0.25) is 4.79 Å². The van der Waals surface area contributed by atoms with Gasteiger partial charge in [-0.2, -0.15) is 0 Å². The second-order valence-corrected chi connectivity index (χ2v) is 21.2. The lowest BCUT2D eigenvalue weighted by Crippen LogP contribution is -2.68. The van der Waals surface area contributed by atoms with Crippen molar-refractivity contribution < 1.29 is 13.6 Å². The molecule has 184 valence electrons. The van der Waals surface area contributed by atoms with Crippen LogP contribution in [0.15, 0.2) is 72.8 Å². The van der Waals surface area contributed by atoms with Crippen molar-refractivity contribution in [3.63, 3.8) is 0 Å². The zero-order valence-corrected chi connectivity index (χ0v) is 24.3. The SMILES string of the molecule is C=C1[C@H](O[Si](C)(C)C(C)(C)C)CC(=O)C[C@H]1O[Si](c1ccccc1)(c1ccccc1)C(C)(C)C. The van der Waals surface area contributed by atoms with E-state index in [0.29, 0.717) is 12.8 Å². The lowest BCUT2D eigenvalue weighted by molar-refractivity contribution is -0.123. The molecule has 0 spiro atoms. The summed E-state index contributed by atoms with van der Waals surface area (Å²) >= 11 is 0. The molecule has 5 heteroatoms. The van der Waals surface area contributed by atoms with E-state index in [0.717, 1.165) is 5.57 Å². The van der Waals surface area contributed by atoms with E-state index < -0.39 is 16.6 Å². The lowest BCUT2D eigenvalue weighted by atomic mass is 9.90. The van der Waals surface area contributed by atoms with Gasteiger partial charge in [-0.1, -0.05) is 109 Å². The third kappa shape index (κ3) is 5.23. The Hall–Kier alpha value is -1.80. The lowest BCUT2D eigenvalue weighted by Gasteiger charge is -2.48. The van der Waals surface area contributed by atoms with E-state index in [2.05, 4.69) is 110 Å². The fourth-order valence-corrected chi connectivity index (χ4v) is 10.6. The Bertz CT molecular complexity index is 962. The molecule has 2 aromatic carbocycles. The molecule has 34 heavy (non-hydrogen) atoms. The summed E-state index contributed by atoms with van der Waals surface area (Å²) in [5, 5.41) is 2.32. The van der Waals surface area contributed by atoms with Crippen LogP contribution in [0.25, 0.3) is 0 Å². The Labute approximate surface area is 208 Å². The highest BCUT2D eigenvalue weighted by atomic mass is 28.4. The van der Waals surface area contributed by atoms with Crippen molar-refractivity contribution in [1.82, 2.24) is 0 Å². The van der Waals surface area contributed by atoms with Crippen LogP contribution in [-0.4, -0.2) is 34.6 Å². The van der Waals surface area contributed by atoms with Crippen molar-refractivity contribution >= 4 is 32.8 Å². The van der Waals surface area contributed by atoms with Gasteiger partial charge in [0.05, 0.1) is 12.2 Å². The van der Waals surface area contributed by atoms with Crippen LogP contribution in [0.2, 0.25) is 23.2 Å². The van der Waals surface area contributed by atoms with E-state index in [1.54, 1.807) is 0 Å². The van der Waals surface area contributed by atoms with Crippen LogP contribution in [0.5, 0.6) is 0 Å². The van der Waals surface area contributed by atoms with Crippen molar-refractivity contribution in [1.29, 1.82) is 0 Å². The molecule has 2 atom stereocenters. The highest BCUT2D eigenvalue weighted by molar-refractivity contribution is 6.99. The second-order valence-electron chi connectivity index (χ2n) is 12.2. The van der Waals surface area contributed by atoms with Crippen LogP contribution in [0.1, 0.15) is 54.4 Å². The van der Waals surface area contributed by atoms with Crippen LogP contribution in [0.4, 0.5) is 0 Å². The first-order valence-electron chi connectivity index (χ1n) is 12.4. The summed E-state index contributed by atoms with van der Waals surface area (Å²) < 4.78 is 14.0. The number of hydrogen-bond acceptors (Lipinski definition) is 3. The molecule has 3 nitrogen and oxygen atoms in total. The first kappa shape index (κ1) is 26.8. The minimum atomic E-state index is -2.79. The summed E-state index contributed by atoms with van der Waals surface area (Å²) in [6.45, 7) is 22.4. The van der Waals surface area contributed by atoms with E-state index in [9.17, 15) is 4.79 Å². The Morgan fingerprint density at radius 2 is 1.15 bits per heavy atom. The van der Waals surface area contributed by atoms with Gasteiger partial charge in [-0.15, -0.1) is 0 Å². The van der Waals surface area contributed by atoms with E-state index in [-0.39, 0.29) is 28.1 Å². The molecule has 0 aliphatic heterocycles. The van der Waals surface area contributed by atoms with Gasteiger partial charge in [0.2, 0.25) is 0 Å². The number of benzene rings is 2. The highest BCUT2D eigenvalue weighted by Crippen LogP contribution is 2.42. The number of ketones is 1. The third-order valence-electron chi connectivity index (χ3n) is 7.63. The van der Waals surface area contributed by atoms with Crippen molar-refractivity contribution in [3.8, 4) is 0 Å². The molecule has 1 saturated carbocycles. The third-order valence-corrected chi connectivity index (χ3v) is 17.2. The Morgan fingerprint density at radius 1 is 0.735 bits per heavy atom. The first-order chi connectivity index (χ1) is 15.7. The van der Waals surface area contributed by atoms with Crippen molar-refractivity contribution in [2.24, 2.45) is 0 Å². The number of hydrogen-bond donors (Lipinski definition) is 0. The monoisotopic (exact) mass is 494 g/mol. The van der Waals surface area contributed by atoms with Crippen molar-refractivity contribution in [2.75, 3.05) is 0 Å². The van der Waals surface area contributed by atoms with Gasteiger partial charge in [-0.05, 0) is 39.1 Å². The van der Waals surface area contributed by atoms with E-state index >= 15 is 0 Å².